The summed E-state index contributed by atoms with van der Waals surface area (Å²) in [7, 11) is 0. The first-order valence-corrected chi connectivity index (χ1v) is 13.5. The lowest BCUT2D eigenvalue weighted by Gasteiger charge is -2.09. The summed E-state index contributed by atoms with van der Waals surface area (Å²) in [6.45, 7) is 3.01. The molecule has 0 aliphatic rings. The van der Waals surface area contributed by atoms with Gasteiger partial charge in [-0.1, -0.05) is 106 Å². The molecule has 0 aliphatic carbocycles. The van der Waals surface area contributed by atoms with E-state index in [9.17, 15) is 4.79 Å². The van der Waals surface area contributed by atoms with Gasteiger partial charge >= 0.3 is 0 Å². The molecule has 0 aliphatic heterocycles. The summed E-state index contributed by atoms with van der Waals surface area (Å²) in [5.41, 5.74) is 2.57. The molecule has 0 aromatic heterocycles. The van der Waals surface area contributed by atoms with Crippen molar-refractivity contribution in [1.29, 1.82) is 0 Å². The van der Waals surface area contributed by atoms with Crippen molar-refractivity contribution >= 4 is 27.5 Å². The number of carbonyl (C=O) groups is 1. The van der Waals surface area contributed by atoms with Gasteiger partial charge in [0, 0.05) is 16.6 Å². The van der Waals surface area contributed by atoms with Crippen LogP contribution in [0.4, 0.5) is 5.69 Å². The van der Waals surface area contributed by atoms with Gasteiger partial charge in [-0.25, -0.2) is 0 Å². The Morgan fingerprint density at radius 1 is 0.812 bits per heavy atom. The third-order valence-corrected chi connectivity index (χ3v) is 6.37. The minimum absolute atomic E-state index is 0.107. The number of unbranched alkanes of at least 4 members (excludes halogenated alkanes) is 11. The van der Waals surface area contributed by atoms with Gasteiger partial charge in [0.2, 0.25) is 0 Å². The van der Waals surface area contributed by atoms with Crippen LogP contribution in [-0.4, -0.2) is 12.5 Å². The molecular weight excluding hydrogens is 462 g/mol. The molecule has 2 rings (SSSR count). The number of amides is 1. The maximum absolute atomic E-state index is 12.4. The first kappa shape index (κ1) is 26.4. The van der Waals surface area contributed by atoms with E-state index >= 15 is 0 Å². The summed E-state index contributed by atoms with van der Waals surface area (Å²) in [6, 6.07) is 15.2. The van der Waals surface area contributed by atoms with Crippen molar-refractivity contribution < 1.29 is 9.53 Å². The molecule has 1 N–H and O–H groups in total. The molecule has 2 aromatic carbocycles. The fraction of sp³-hybridized carbons (Fsp3) is 0.536. The van der Waals surface area contributed by atoms with Gasteiger partial charge in [-0.2, -0.15) is 0 Å². The number of benzene rings is 2. The topological polar surface area (TPSA) is 38.3 Å². The fourth-order valence-corrected chi connectivity index (χ4v) is 4.12. The predicted octanol–water partition coefficient (Wildman–Crippen LogP) is 8.91. The van der Waals surface area contributed by atoms with Gasteiger partial charge in [0.25, 0.3) is 5.91 Å². The van der Waals surface area contributed by atoms with Crippen LogP contribution in [0.15, 0.2) is 48.5 Å². The van der Waals surface area contributed by atoms with Crippen LogP contribution in [-0.2, 0) is 5.33 Å². The number of hydrogen-bond acceptors (Lipinski definition) is 2. The van der Waals surface area contributed by atoms with Crippen molar-refractivity contribution in [2.24, 2.45) is 0 Å². The van der Waals surface area contributed by atoms with Gasteiger partial charge < -0.3 is 10.1 Å². The number of hydrogen-bond donors (Lipinski definition) is 1. The molecule has 0 heterocycles. The molecule has 176 valence electrons. The summed E-state index contributed by atoms with van der Waals surface area (Å²) in [4.78, 5) is 12.4. The van der Waals surface area contributed by atoms with Crippen molar-refractivity contribution in [2.45, 2.75) is 89.3 Å². The number of halogens is 1. The van der Waals surface area contributed by atoms with Gasteiger partial charge in [0.15, 0.2) is 0 Å². The highest BCUT2D eigenvalue weighted by molar-refractivity contribution is 9.08. The standard InChI is InChI=1S/C28H40BrNO2/c1-2-3-4-5-6-7-8-9-10-11-12-13-21-32-27-19-17-25(18-20-27)28(31)30-26-16-14-15-24(22-26)23-29/h14-20,22H,2-13,21,23H2,1H3,(H,30,31). The van der Waals surface area contributed by atoms with Crippen LogP contribution in [0.3, 0.4) is 0 Å². The van der Waals surface area contributed by atoms with E-state index in [0.717, 1.165) is 35.4 Å². The third-order valence-electron chi connectivity index (χ3n) is 5.72. The Bertz CT molecular complexity index is 760. The summed E-state index contributed by atoms with van der Waals surface area (Å²) in [5, 5.41) is 3.71. The van der Waals surface area contributed by atoms with Gasteiger partial charge in [-0.05, 0) is 48.4 Å². The quantitative estimate of drug-likeness (QED) is 0.173. The molecule has 0 unspecified atom stereocenters. The number of anilines is 1. The van der Waals surface area contributed by atoms with E-state index in [1.807, 2.05) is 48.5 Å². The Hall–Kier alpha value is -1.81. The highest BCUT2D eigenvalue weighted by Crippen LogP contribution is 2.17. The zero-order valence-electron chi connectivity index (χ0n) is 19.7. The van der Waals surface area contributed by atoms with Crippen LogP contribution >= 0.6 is 15.9 Å². The van der Waals surface area contributed by atoms with Gasteiger partial charge in [-0.3, -0.25) is 4.79 Å². The molecule has 0 saturated heterocycles. The molecule has 3 nitrogen and oxygen atoms in total. The van der Waals surface area contributed by atoms with E-state index < -0.39 is 0 Å². The van der Waals surface area contributed by atoms with Crippen LogP contribution in [0.5, 0.6) is 5.75 Å². The van der Waals surface area contributed by atoms with Crippen LogP contribution < -0.4 is 10.1 Å². The van der Waals surface area contributed by atoms with Crippen LogP contribution in [0.2, 0.25) is 0 Å². The highest BCUT2D eigenvalue weighted by atomic mass is 79.9. The molecule has 0 fully saturated rings. The largest absolute Gasteiger partial charge is 0.494 e. The number of carbonyl (C=O) groups excluding carboxylic acids is 1. The molecule has 0 bridgehead atoms. The van der Waals surface area contributed by atoms with Crippen LogP contribution in [0.25, 0.3) is 0 Å². The van der Waals surface area contributed by atoms with E-state index in [-0.39, 0.29) is 5.91 Å². The summed E-state index contributed by atoms with van der Waals surface area (Å²) < 4.78 is 5.84. The number of alkyl halides is 1. The minimum atomic E-state index is -0.107. The zero-order chi connectivity index (χ0) is 22.9. The van der Waals surface area contributed by atoms with E-state index in [1.165, 1.54) is 70.6 Å². The molecular formula is C28H40BrNO2. The maximum Gasteiger partial charge on any atom is 0.255 e. The lowest BCUT2D eigenvalue weighted by molar-refractivity contribution is 0.102. The van der Waals surface area contributed by atoms with Crippen molar-refractivity contribution in [2.75, 3.05) is 11.9 Å². The van der Waals surface area contributed by atoms with E-state index in [1.54, 1.807) is 0 Å². The number of nitrogens with one attached hydrogen (secondary N) is 1. The number of ether oxygens (including phenoxy) is 1. The molecule has 0 saturated carbocycles. The maximum atomic E-state index is 12.4. The first-order chi connectivity index (χ1) is 15.7. The third kappa shape index (κ3) is 11.2. The molecule has 0 radical (unpaired) electrons. The Labute approximate surface area is 203 Å². The highest BCUT2D eigenvalue weighted by Gasteiger charge is 2.07. The molecule has 32 heavy (non-hydrogen) atoms. The van der Waals surface area contributed by atoms with Gasteiger partial charge in [0.05, 0.1) is 6.61 Å². The molecule has 2 aromatic rings. The minimum Gasteiger partial charge on any atom is -0.494 e. The van der Waals surface area contributed by atoms with Crippen molar-refractivity contribution in [1.82, 2.24) is 0 Å². The SMILES string of the molecule is CCCCCCCCCCCCCCOc1ccc(C(=O)Nc2cccc(CBr)c2)cc1. The normalized spacial score (nSPS) is 10.8. The summed E-state index contributed by atoms with van der Waals surface area (Å²) in [5.74, 6) is 0.718. The second-order valence-electron chi connectivity index (χ2n) is 8.55. The van der Waals surface area contributed by atoms with Crippen molar-refractivity contribution in [3.8, 4) is 5.75 Å². The Balaban J connectivity index is 1.53. The first-order valence-electron chi connectivity index (χ1n) is 12.4. The van der Waals surface area contributed by atoms with Crippen LogP contribution in [0, 0.1) is 0 Å². The summed E-state index contributed by atoms with van der Waals surface area (Å²) in [6.07, 6.45) is 16.1. The number of rotatable bonds is 17. The lowest BCUT2D eigenvalue weighted by atomic mass is 10.1. The molecule has 0 spiro atoms. The molecule has 4 heteroatoms. The predicted molar refractivity (Wildman–Crippen MR) is 140 cm³/mol. The van der Waals surface area contributed by atoms with E-state index in [0.29, 0.717) is 5.56 Å². The second-order valence-corrected chi connectivity index (χ2v) is 9.11. The second kappa shape index (κ2) is 16.8. The smallest absolute Gasteiger partial charge is 0.255 e. The molecule has 1 amide bonds. The van der Waals surface area contributed by atoms with Crippen molar-refractivity contribution in [3.63, 3.8) is 0 Å². The van der Waals surface area contributed by atoms with E-state index in [2.05, 4.69) is 28.2 Å². The Morgan fingerprint density at radius 2 is 1.41 bits per heavy atom. The Morgan fingerprint density at radius 3 is 2.00 bits per heavy atom. The summed E-state index contributed by atoms with van der Waals surface area (Å²) >= 11 is 3.44. The average molecular weight is 503 g/mol. The Kier molecular flexibility index (Phi) is 13.9. The van der Waals surface area contributed by atoms with Crippen LogP contribution in [0.1, 0.15) is 99.9 Å². The van der Waals surface area contributed by atoms with Gasteiger partial charge in [0.1, 0.15) is 5.75 Å². The van der Waals surface area contributed by atoms with E-state index in [4.69, 9.17) is 4.74 Å². The average Bonchev–Trinajstić information content (AvgIpc) is 2.82. The van der Waals surface area contributed by atoms with Gasteiger partial charge in [-0.15, -0.1) is 0 Å². The molecule has 0 atom stereocenters. The lowest BCUT2D eigenvalue weighted by Crippen LogP contribution is -2.11. The zero-order valence-corrected chi connectivity index (χ0v) is 21.3. The van der Waals surface area contributed by atoms with Crippen molar-refractivity contribution in [3.05, 3.63) is 59.7 Å². The monoisotopic (exact) mass is 501 g/mol. The fourth-order valence-electron chi connectivity index (χ4n) is 3.77.